The first-order valence-electron chi connectivity index (χ1n) is 6.69. The summed E-state index contributed by atoms with van der Waals surface area (Å²) in [6, 6.07) is 5.83. The van der Waals surface area contributed by atoms with Crippen LogP contribution in [0, 0.1) is 11.2 Å². The van der Waals surface area contributed by atoms with Crippen LogP contribution in [0.1, 0.15) is 37.7 Å². The molecule has 0 aromatic heterocycles. The summed E-state index contributed by atoms with van der Waals surface area (Å²) >= 11 is 0. The standard InChI is InChI=1S/C15H17F3O2/c16-12-3-1-11(2-4-12)5-6-14(13(19)20)7-9-15(17,18)10-8-14/h1-4H,5-10H2,(H,19,20). The van der Waals surface area contributed by atoms with E-state index in [-0.39, 0.29) is 31.5 Å². The Kier molecular flexibility index (Phi) is 4.06. The van der Waals surface area contributed by atoms with Gasteiger partial charge in [-0.1, -0.05) is 12.1 Å². The van der Waals surface area contributed by atoms with E-state index in [1.165, 1.54) is 12.1 Å². The number of hydrogen-bond donors (Lipinski definition) is 1. The fraction of sp³-hybridized carbons (Fsp3) is 0.533. The molecule has 1 aromatic carbocycles. The summed E-state index contributed by atoms with van der Waals surface area (Å²) in [7, 11) is 0. The number of aliphatic carboxylic acids is 1. The molecular weight excluding hydrogens is 269 g/mol. The van der Waals surface area contributed by atoms with Gasteiger partial charge in [-0.3, -0.25) is 4.79 Å². The molecule has 0 saturated heterocycles. The molecule has 0 radical (unpaired) electrons. The summed E-state index contributed by atoms with van der Waals surface area (Å²) in [6.45, 7) is 0. The van der Waals surface area contributed by atoms with Gasteiger partial charge in [-0.25, -0.2) is 13.2 Å². The van der Waals surface area contributed by atoms with Crippen LogP contribution in [0.2, 0.25) is 0 Å². The van der Waals surface area contributed by atoms with E-state index in [1.54, 1.807) is 12.1 Å². The Balaban J connectivity index is 2.03. The first-order valence-corrected chi connectivity index (χ1v) is 6.69. The van der Waals surface area contributed by atoms with E-state index in [0.717, 1.165) is 5.56 Å². The van der Waals surface area contributed by atoms with E-state index in [4.69, 9.17) is 0 Å². The molecular formula is C15H17F3O2. The molecule has 0 aliphatic heterocycles. The molecule has 0 heterocycles. The summed E-state index contributed by atoms with van der Waals surface area (Å²) in [6.07, 6.45) is 0.0146. The van der Waals surface area contributed by atoms with Crippen molar-refractivity contribution in [1.29, 1.82) is 0 Å². The maximum Gasteiger partial charge on any atom is 0.309 e. The van der Waals surface area contributed by atoms with Gasteiger partial charge in [0.1, 0.15) is 5.82 Å². The van der Waals surface area contributed by atoms with Crippen LogP contribution >= 0.6 is 0 Å². The Morgan fingerprint density at radius 2 is 1.65 bits per heavy atom. The highest BCUT2D eigenvalue weighted by Gasteiger charge is 2.47. The largest absolute Gasteiger partial charge is 0.481 e. The van der Waals surface area contributed by atoms with Gasteiger partial charge in [0.2, 0.25) is 5.92 Å². The number of aryl methyl sites for hydroxylation is 1. The van der Waals surface area contributed by atoms with Gasteiger partial charge in [0, 0.05) is 12.8 Å². The third-order valence-electron chi connectivity index (χ3n) is 4.20. The molecule has 0 bridgehead atoms. The SMILES string of the molecule is O=C(O)C1(CCc2ccc(F)cc2)CCC(F)(F)CC1. The molecule has 0 amide bonds. The average Bonchev–Trinajstić information content (AvgIpc) is 2.39. The van der Waals surface area contributed by atoms with Crippen molar-refractivity contribution in [2.24, 2.45) is 5.41 Å². The van der Waals surface area contributed by atoms with Crippen LogP contribution in [0.15, 0.2) is 24.3 Å². The summed E-state index contributed by atoms with van der Waals surface area (Å²) < 4.78 is 39.2. The van der Waals surface area contributed by atoms with E-state index >= 15 is 0 Å². The van der Waals surface area contributed by atoms with Gasteiger partial charge < -0.3 is 5.11 Å². The second-order valence-corrected chi connectivity index (χ2v) is 5.57. The molecule has 110 valence electrons. The van der Waals surface area contributed by atoms with Crippen molar-refractivity contribution in [3.8, 4) is 0 Å². The zero-order chi connectivity index (χ0) is 14.8. The van der Waals surface area contributed by atoms with Crippen molar-refractivity contribution in [2.45, 2.75) is 44.4 Å². The van der Waals surface area contributed by atoms with Crippen molar-refractivity contribution < 1.29 is 23.1 Å². The fourth-order valence-corrected chi connectivity index (χ4v) is 2.70. The maximum absolute atomic E-state index is 13.2. The van der Waals surface area contributed by atoms with Crippen LogP contribution in [0.5, 0.6) is 0 Å². The number of alkyl halides is 2. The zero-order valence-electron chi connectivity index (χ0n) is 11.0. The lowest BCUT2D eigenvalue weighted by Gasteiger charge is -2.36. The molecule has 1 fully saturated rings. The Morgan fingerprint density at radius 3 is 2.15 bits per heavy atom. The molecule has 1 aliphatic rings. The highest BCUT2D eigenvalue weighted by molar-refractivity contribution is 5.74. The highest BCUT2D eigenvalue weighted by atomic mass is 19.3. The van der Waals surface area contributed by atoms with E-state index in [0.29, 0.717) is 12.8 Å². The minimum Gasteiger partial charge on any atom is -0.481 e. The predicted octanol–water partition coefficient (Wildman–Crippen LogP) is 4.04. The van der Waals surface area contributed by atoms with Crippen LogP contribution in [-0.4, -0.2) is 17.0 Å². The van der Waals surface area contributed by atoms with Crippen LogP contribution < -0.4 is 0 Å². The molecule has 1 aromatic rings. The number of halogens is 3. The van der Waals surface area contributed by atoms with Gasteiger partial charge >= 0.3 is 5.97 Å². The number of carboxylic acid groups (broad SMARTS) is 1. The number of hydrogen-bond acceptors (Lipinski definition) is 1. The summed E-state index contributed by atoms with van der Waals surface area (Å²) in [5.74, 6) is -4.09. The first-order chi connectivity index (χ1) is 9.33. The molecule has 2 rings (SSSR count). The van der Waals surface area contributed by atoms with E-state index in [9.17, 15) is 23.1 Å². The second kappa shape index (κ2) is 5.46. The molecule has 20 heavy (non-hydrogen) atoms. The van der Waals surface area contributed by atoms with E-state index in [1.807, 2.05) is 0 Å². The Labute approximate surface area is 115 Å². The molecule has 0 spiro atoms. The third-order valence-corrected chi connectivity index (χ3v) is 4.20. The lowest BCUT2D eigenvalue weighted by Crippen LogP contribution is -2.39. The number of rotatable bonds is 4. The lowest BCUT2D eigenvalue weighted by atomic mass is 9.69. The van der Waals surface area contributed by atoms with Gasteiger partial charge in [-0.2, -0.15) is 0 Å². The monoisotopic (exact) mass is 286 g/mol. The average molecular weight is 286 g/mol. The summed E-state index contributed by atoms with van der Waals surface area (Å²) in [5.41, 5.74) is -0.250. The summed E-state index contributed by atoms with van der Waals surface area (Å²) in [4.78, 5) is 11.5. The van der Waals surface area contributed by atoms with Gasteiger partial charge in [0.05, 0.1) is 5.41 Å². The molecule has 0 atom stereocenters. The number of benzene rings is 1. The normalized spacial score (nSPS) is 20.6. The molecule has 1 aliphatic carbocycles. The maximum atomic E-state index is 13.2. The summed E-state index contributed by atoms with van der Waals surface area (Å²) in [5, 5.41) is 9.38. The minimum absolute atomic E-state index is 0.00344. The quantitative estimate of drug-likeness (QED) is 0.907. The van der Waals surface area contributed by atoms with Gasteiger partial charge in [-0.15, -0.1) is 0 Å². The van der Waals surface area contributed by atoms with Crippen LogP contribution in [0.3, 0.4) is 0 Å². The predicted molar refractivity (Wildman–Crippen MR) is 68.2 cm³/mol. The van der Waals surface area contributed by atoms with Crippen molar-refractivity contribution in [1.82, 2.24) is 0 Å². The smallest absolute Gasteiger partial charge is 0.309 e. The topological polar surface area (TPSA) is 37.3 Å². The fourth-order valence-electron chi connectivity index (χ4n) is 2.70. The van der Waals surface area contributed by atoms with Crippen molar-refractivity contribution >= 4 is 5.97 Å². The van der Waals surface area contributed by atoms with Crippen molar-refractivity contribution in [3.63, 3.8) is 0 Å². The van der Waals surface area contributed by atoms with Gasteiger partial charge in [0.15, 0.2) is 0 Å². The Hall–Kier alpha value is -1.52. The van der Waals surface area contributed by atoms with Crippen LogP contribution in [0.25, 0.3) is 0 Å². The third kappa shape index (κ3) is 3.32. The van der Waals surface area contributed by atoms with Gasteiger partial charge in [-0.05, 0) is 43.4 Å². The van der Waals surface area contributed by atoms with Crippen molar-refractivity contribution in [2.75, 3.05) is 0 Å². The van der Waals surface area contributed by atoms with Crippen molar-refractivity contribution in [3.05, 3.63) is 35.6 Å². The van der Waals surface area contributed by atoms with E-state index in [2.05, 4.69) is 0 Å². The molecule has 5 heteroatoms. The zero-order valence-corrected chi connectivity index (χ0v) is 11.0. The molecule has 1 N–H and O–H groups in total. The van der Waals surface area contributed by atoms with Gasteiger partial charge in [0.25, 0.3) is 0 Å². The molecule has 2 nitrogen and oxygen atoms in total. The Morgan fingerprint density at radius 1 is 1.10 bits per heavy atom. The first kappa shape index (κ1) is 14.9. The van der Waals surface area contributed by atoms with Crippen LogP contribution in [-0.2, 0) is 11.2 Å². The van der Waals surface area contributed by atoms with Crippen LogP contribution in [0.4, 0.5) is 13.2 Å². The molecule has 1 saturated carbocycles. The molecule has 0 unspecified atom stereocenters. The highest BCUT2D eigenvalue weighted by Crippen LogP contribution is 2.46. The number of carbonyl (C=O) groups is 1. The lowest BCUT2D eigenvalue weighted by molar-refractivity contribution is -0.157. The van der Waals surface area contributed by atoms with E-state index < -0.39 is 17.3 Å². The second-order valence-electron chi connectivity index (χ2n) is 5.57. The Bertz CT molecular complexity index is 472. The minimum atomic E-state index is -2.74. The number of carboxylic acids is 1.